The number of nitrogens with one attached hydrogen (secondary N) is 1. The van der Waals surface area contributed by atoms with Gasteiger partial charge in [-0.3, -0.25) is 9.59 Å². The molecule has 0 bridgehead atoms. The molecule has 0 aliphatic carbocycles. The first-order chi connectivity index (χ1) is 14.0. The predicted molar refractivity (Wildman–Crippen MR) is 113 cm³/mol. The van der Waals surface area contributed by atoms with E-state index < -0.39 is 23.9 Å². The zero-order chi connectivity index (χ0) is 20.6. The zero-order valence-corrected chi connectivity index (χ0v) is 16.1. The Hall–Kier alpha value is -3.22. The highest BCUT2D eigenvalue weighted by molar-refractivity contribution is 5.89. The van der Waals surface area contributed by atoms with E-state index in [2.05, 4.69) is 5.32 Å². The van der Waals surface area contributed by atoms with Crippen molar-refractivity contribution >= 4 is 22.6 Å². The summed E-state index contributed by atoms with van der Waals surface area (Å²) in [7, 11) is 0. The lowest BCUT2D eigenvalue weighted by molar-refractivity contribution is -0.129. The molecule has 3 rings (SSSR count). The minimum absolute atomic E-state index is 0.0152. The Morgan fingerprint density at radius 1 is 0.897 bits per heavy atom. The Balaban J connectivity index is 1.54. The molecule has 29 heavy (non-hydrogen) atoms. The molecule has 0 unspecified atom stereocenters. The van der Waals surface area contributed by atoms with E-state index in [0.717, 1.165) is 21.9 Å². The van der Waals surface area contributed by atoms with Gasteiger partial charge in [-0.15, -0.1) is 0 Å². The smallest absolute Gasteiger partial charge is 0.242 e. The molecule has 3 aromatic carbocycles. The van der Waals surface area contributed by atoms with Gasteiger partial charge in [-0.25, -0.2) is 0 Å². The maximum absolute atomic E-state index is 12.5. The van der Waals surface area contributed by atoms with E-state index in [-0.39, 0.29) is 6.61 Å². The van der Waals surface area contributed by atoms with Gasteiger partial charge in [-0.05, 0) is 28.3 Å². The quantitative estimate of drug-likeness (QED) is 0.518. The van der Waals surface area contributed by atoms with Gasteiger partial charge < -0.3 is 21.5 Å². The molecule has 6 nitrogen and oxygen atoms in total. The number of hydrogen-bond donors (Lipinski definition) is 3. The summed E-state index contributed by atoms with van der Waals surface area (Å²) in [6, 6.07) is 21.7. The molecule has 5 N–H and O–H groups in total. The Morgan fingerprint density at radius 3 is 2.31 bits per heavy atom. The lowest BCUT2D eigenvalue weighted by atomic mass is 10.0. The van der Waals surface area contributed by atoms with Crippen molar-refractivity contribution in [2.45, 2.75) is 25.1 Å². The minimum atomic E-state index is -0.936. The SMILES string of the molecule is NC(=O)[C@H](COCc1ccccc1)NC(=O)[C@@H](N)Cc1ccc2ccccc2c1. The van der Waals surface area contributed by atoms with Crippen molar-refractivity contribution in [1.82, 2.24) is 5.32 Å². The van der Waals surface area contributed by atoms with Crippen LogP contribution in [-0.4, -0.2) is 30.5 Å². The molecule has 0 aliphatic heterocycles. The Bertz CT molecular complexity index is 975. The summed E-state index contributed by atoms with van der Waals surface area (Å²) in [6.45, 7) is 0.308. The van der Waals surface area contributed by atoms with Crippen molar-refractivity contribution in [2.24, 2.45) is 11.5 Å². The number of fused-ring (bicyclic) bond motifs is 1. The molecule has 6 heteroatoms. The van der Waals surface area contributed by atoms with Crippen LogP contribution in [0.1, 0.15) is 11.1 Å². The highest BCUT2D eigenvalue weighted by atomic mass is 16.5. The molecule has 0 radical (unpaired) electrons. The minimum Gasteiger partial charge on any atom is -0.374 e. The van der Waals surface area contributed by atoms with Crippen molar-refractivity contribution in [3.8, 4) is 0 Å². The number of benzene rings is 3. The van der Waals surface area contributed by atoms with Crippen LogP contribution in [0.3, 0.4) is 0 Å². The second kappa shape index (κ2) is 9.82. The summed E-state index contributed by atoms with van der Waals surface area (Å²) in [5.74, 6) is -1.10. The van der Waals surface area contributed by atoms with Crippen molar-refractivity contribution in [3.63, 3.8) is 0 Å². The Kier molecular flexibility index (Phi) is 6.94. The number of rotatable bonds is 9. The number of amides is 2. The van der Waals surface area contributed by atoms with Crippen LogP contribution < -0.4 is 16.8 Å². The molecular weight excluding hydrogens is 366 g/mol. The van der Waals surface area contributed by atoms with Gasteiger partial charge in [0.15, 0.2) is 0 Å². The van der Waals surface area contributed by atoms with Gasteiger partial charge in [0.1, 0.15) is 6.04 Å². The fraction of sp³-hybridized carbons (Fsp3) is 0.217. The number of ether oxygens (including phenoxy) is 1. The van der Waals surface area contributed by atoms with Crippen LogP contribution in [0.5, 0.6) is 0 Å². The van der Waals surface area contributed by atoms with E-state index in [4.69, 9.17) is 16.2 Å². The Morgan fingerprint density at radius 2 is 1.59 bits per heavy atom. The van der Waals surface area contributed by atoms with Crippen LogP contribution in [0, 0.1) is 0 Å². The van der Waals surface area contributed by atoms with Crippen LogP contribution in [-0.2, 0) is 27.4 Å². The summed E-state index contributed by atoms with van der Waals surface area (Å²) in [6.07, 6.45) is 0.354. The largest absolute Gasteiger partial charge is 0.374 e. The van der Waals surface area contributed by atoms with Crippen LogP contribution in [0.4, 0.5) is 0 Å². The second-order valence-corrected chi connectivity index (χ2v) is 6.96. The highest BCUT2D eigenvalue weighted by Crippen LogP contribution is 2.16. The maximum atomic E-state index is 12.5. The summed E-state index contributed by atoms with van der Waals surface area (Å²) in [4.78, 5) is 24.2. The molecule has 2 atom stereocenters. The number of primary amides is 1. The summed E-state index contributed by atoms with van der Waals surface area (Å²) in [5.41, 5.74) is 13.4. The highest BCUT2D eigenvalue weighted by Gasteiger charge is 2.22. The van der Waals surface area contributed by atoms with E-state index >= 15 is 0 Å². The second-order valence-electron chi connectivity index (χ2n) is 6.96. The van der Waals surface area contributed by atoms with E-state index in [1.54, 1.807) is 0 Å². The predicted octanol–water partition coefficient (Wildman–Crippen LogP) is 1.90. The van der Waals surface area contributed by atoms with Crippen molar-refractivity contribution in [2.75, 3.05) is 6.61 Å². The molecule has 0 aromatic heterocycles. The van der Waals surface area contributed by atoms with E-state index in [1.807, 2.05) is 72.8 Å². The van der Waals surface area contributed by atoms with Gasteiger partial charge in [0.25, 0.3) is 0 Å². The molecule has 0 fully saturated rings. The normalized spacial score (nSPS) is 13.0. The molecule has 0 spiro atoms. The standard InChI is InChI=1S/C23H25N3O3/c24-20(13-17-10-11-18-8-4-5-9-19(18)12-17)23(28)26-21(22(25)27)15-29-14-16-6-2-1-3-7-16/h1-12,20-21H,13-15,24H2,(H2,25,27)(H,26,28)/t20-,21-/m0/s1. The third kappa shape index (κ3) is 5.88. The van der Waals surface area contributed by atoms with Crippen LogP contribution in [0.2, 0.25) is 0 Å². The molecule has 0 heterocycles. The van der Waals surface area contributed by atoms with Crippen LogP contribution in [0.15, 0.2) is 72.8 Å². The number of hydrogen-bond acceptors (Lipinski definition) is 4. The lowest BCUT2D eigenvalue weighted by Gasteiger charge is -2.19. The zero-order valence-electron chi connectivity index (χ0n) is 16.1. The number of nitrogens with two attached hydrogens (primary N) is 2. The summed E-state index contributed by atoms with van der Waals surface area (Å²) in [5, 5.41) is 4.81. The molecule has 2 amide bonds. The van der Waals surface area contributed by atoms with E-state index in [9.17, 15) is 9.59 Å². The van der Waals surface area contributed by atoms with Crippen molar-refractivity contribution in [1.29, 1.82) is 0 Å². The third-order valence-corrected chi connectivity index (χ3v) is 4.66. The summed E-state index contributed by atoms with van der Waals surface area (Å²) < 4.78 is 5.53. The van der Waals surface area contributed by atoms with Gasteiger partial charge in [0, 0.05) is 0 Å². The average molecular weight is 391 g/mol. The van der Waals surface area contributed by atoms with Crippen LogP contribution >= 0.6 is 0 Å². The van der Waals surface area contributed by atoms with Gasteiger partial charge in [0.05, 0.1) is 19.3 Å². The maximum Gasteiger partial charge on any atom is 0.242 e. The molecule has 3 aromatic rings. The van der Waals surface area contributed by atoms with E-state index in [1.165, 1.54) is 0 Å². The lowest BCUT2D eigenvalue weighted by Crippen LogP contribution is -2.52. The molecule has 150 valence electrons. The topological polar surface area (TPSA) is 107 Å². The first-order valence-corrected chi connectivity index (χ1v) is 9.47. The monoisotopic (exact) mass is 391 g/mol. The molecule has 0 saturated carbocycles. The number of carbonyl (C=O) groups is 2. The number of carbonyl (C=O) groups excluding carboxylic acids is 2. The van der Waals surface area contributed by atoms with Crippen LogP contribution in [0.25, 0.3) is 10.8 Å². The molecule has 0 saturated heterocycles. The third-order valence-electron chi connectivity index (χ3n) is 4.66. The molecular formula is C23H25N3O3. The van der Waals surface area contributed by atoms with Gasteiger partial charge in [-0.1, -0.05) is 72.8 Å². The van der Waals surface area contributed by atoms with E-state index in [0.29, 0.717) is 13.0 Å². The van der Waals surface area contributed by atoms with Gasteiger partial charge in [-0.2, -0.15) is 0 Å². The van der Waals surface area contributed by atoms with Crippen molar-refractivity contribution < 1.29 is 14.3 Å². The average Bonchev–Trinajstić information content (AvgIpc) is 2.73. The Labute approximate surface area is 169 Å². The summed E-state index contributed by atoms with van der Waals surface area (Å²) >= 11 is 0. The van der Waals surface area contributed by atoms with Crippen molar-refractivity contribution in [3.05, 3.63) is 83.9 Å². The molecule has 0 aliphatic rings. The fourth-order valence-electron chi connectivity index (χ4n) is 3.05. The first kappa shape index (κ1) is 20.5. The van der Waals surface area contributed by atoms with Gasteiger partial charge in [0.2, 0.25) is 11.8 Å². The fourth-order valence-corrected chi connectivity index (χ4v) is 3.05. The van der Waals surface area contributed by atoms with Gasteiger partial charge >= 0.3 is 0 Å². The first-order valence-electron chi connectivity index (χ1n) is 9.47.